The van der Waals surface area contributed by atoms with Crippen molar-refractivity contribution in [3.05, 3.63) is 16.7 Å². The molecule has 2 aliphatic heterocycles. The molecule has 158 valence electrons. The third kappa shape index (κ3) is 5.37. The molecule has 0 radical (unpaired) electrons. The summed E-state index contributed by atoms with van der Waals surface area (Å²) in [6, 6.07) is 1.84. The van der Waals surface area contributed by atoms with Gasteiger partial charge in [0.25, 0.3) is 0 Å². The van der Waals surface area contributed by atoms with E-state index in [0.717, 1.165) is 37.9 Å². The van der Waals surface area contributed by atoms with Gasteiger partial charge in [0.1, 0.15) is 6.61 Å². The van der Waals surface area contributed by atoms with E-state index in [9.17, 15) is 9.90 Å². The van der Waals surface area contributed by atoms with Crippen molar-refractivity contribution in [2.75, 3.05) is 32.0 Å². The summed E-state index contributed by atoms with van der Waals surface area (Å²) in [5.41, 5.74) is 7.21. The summed E-state index contributed by atoms with van der Waals surface area (Å²) >= 11 is 6.27. The SMILES string of the molecule is CCCCCN1CCC(Cc2cc(Cl)c(N)c3c2OCC(C(=O)O)O3)CC1.Cl. The summed E-state index contributed by atoms with van der Waals surface area (Å²) in [6.07, 6.45) is 5.89. The molecule has 1 atom stereocenters. The van der Waals surface area contributed by atoms with Crippen molar-refractivity contribution < 1.29 is 19.4 Å². The van der Waals surface area contributed by atoms with Gasteiger partial charge in [-0.25, -0.2) is 4.79 Å². The fraction of sp³-hybridized carbons (Fsp3) is 0.650. The number of carboxylic acids is 1. The first-order valence-electron chi connectivity index (χ1n) is 9.85. The summed E-state index contributed by atoms with van der Waals surface area (Å²) in [5.74, 6) is 0.307. The number of nitrogens with two attached hydrogens (primary N) is 1. The van der Waals surface area contributed by atoms with E-state index in [1.807, 2.05) is 6.07 Å². The molecule has 1 fully saturated rings. The third-order valence-corrected chi connectivity index (χ3v) is 5.82. The van der Waals surface area contributed by atoms with Gasteiger partial charge in [-0.05, 0) is 62.9 Å². The summed E-state index contributed by atoms with van der Waals surface area (Å²) < 4.78 is 11.3. The molecule has 2 heterocycles. The molecule has 0 saturated carbocycles. The molecule has 3 N–H and O–H groups in total. The first-order valence-corrected chi connectivity index (χ1v) is 10.2. The minimum absolute atomic E-state index is 0. The maximum Gasteiger partial charge on any atom is 0.348 e. The maximum atomic E-state index is 11.2. The van der Waals surface area contributed by atoms with Crippen LogP contribution < -0.4 is 15.2 Å². The van der Waals surface area contributed by atoms with E-state index in [1.165, 1.54) is 25.8 Å². The molecule has 8 heteroatoms. The summed E-state index contributed by atoms with van der Waals surface area (Å²) in [4.78, 5) is 13.8. The molecule has 0 aliphatic carbocycles. The number of carboxylic acid groups (broad SMARTS) is 1. The Morgan fingerprint density at radius 3 is 2.68 bits per heavy atom. The van der Waals surface area contributed by atoms with Crippen LogP contribution >= 0.6 is 24.0 Å². The van der Waals surface area contributed by atoms with Crippen LogP contribution in [0.5, 0.6) is 11.5 Å². The van der Waals surface area contributed by atoms with Gasteiger partial charge < -0.3 is 25.2 Å². The van der Waals surface area contributed by atoms with Crippen molar-refractivity contribution >= 4 is 35.7 Å². The van der Waals surface area contributed by atoms with Gasteiger partial charge in [0.15, 0.2) is 11.5 Å². The van der Waals surface area contributed by atoms with Crippen LogP contribution in [-0.4, -0.2) is 48.3 Å². The number of ether oxygens (including phenoxy) is 2. The second kappa shape index (κ2) is 10.4. The first kappa shape index (κ1) is 22.9. The van der Waals surface area contributed by atoms with Crippen LogP contribution in [0.3, 0.4) is 0 Å². The quantitative estimate of drug-likeness (QED) is 0.499. The molecule has 1 aromatic rings. The van der Waals surface area contributed by atoms with Crippen molar-refractivity contribution in [2.45, 2.75) is 51.6 Å². The van der Waals surface area contributed by atoms with Crippen molar-refractivity contribution in [1.29, 1.82) is 0 Å². The van der Waals surface area contributed by atoms with Crippen LogP contribution in [0.4, 0.5) is 5.69 Å². The van der Waals surface area contributed by atoms with E-state index in [4.69, 9.17) is 26.8 Å². The Morgan fingerprint density at radius 2 is 2.04 bits per heavy atom. The van der Waals surface area contributed by atoms with Gasteiger partial charge in [-0.1, -0.05) is 31.4 Å². The summed E-state index contributed by atoms with van der Waals surface area (Å²) in [5, 5.41) is 9.56. The first-order chi connectivity index (χ1) is 13.0. The smallest absolute Gasteiger partial charge is 0.348 e. The number of anilines is 1. The average Bonchev–Trinajstić information content (AvgIpc) is 2.67. The lowest BCUT2D eigenvalue weighted by Crippen LogP contribution is -2.37. The highest BCUT2D eigenvalue weighted by Gasteiger charge is 2.32. The van der Waals surface area contributed by atoms with E-state index in [-0.39, 0.29) is 30.5 Å². The lowest BCUT2D eigenvalue weighted by Gasteiger charge is -2.33. The van der Waals surface area contributed by atoms with Crippen LogP contribution in [-0.2, 0) is 11.2 Å². The van der Waals surface area contributed by atoms with E-state index >= 15 is 0 Å². The molecule has 1 saturated heterocycles. The fourth-order valence-corrected chi connectivity index (χ4v) is 4.08. The Kier molecular flexibility index (Phi) is 8.53. The number of unbranched alkanes of at least 4 members (excludes halogenated alkanes) is 2. The predicted molar refractivity (Wildman–Crippen MR) is 113 cm³/mol. The molecule has 1 unspecified atom stereocenters. The van der Waals surface area contributed by atoms with Gasteiger partial charge in [-0.3, -0.25) is 0 Å². The Labute approximate surface area is 177 Å². The highest BCUT2D eigenvalue weighted by molar-refractivity contribution is 6.33. The highest BCUT2D eigenvalue weighted by atomic mass is 35.5. The maximum absolute atomic E-state index is 11.2. The standard InChI is InChI=1S/C20H29ClN2O4.ClH/c1-2-3-4-7-23-8-5-13(6-9-23)10-14-11-15(21)17(22)19-18(14)26-12-16(27-19)20(24)25;/h11,13,16H,2-10,12,22H2,1H3,(H,24,25);1H. The number of piperidine rings is 1. The van der Waals surface area contributed by atoms with Gasteiger partial charge in [0, 0.05) is 0 Å². The largest absolute Gasteiger partial charge is 0.485 e. The van der Waals surface area contributed by atoms with Crippen LogP contribution in [0, 0.1) is 5.92 Å². The molecule has 0 spiro atoms. The number of rotatable bonds is 7. The van der Waals surface area contributed by atoms with Gasteiger partial charge in [0.05, 0.1) is 10.7 Å². The van der Waals surface area contributed by atoms with Crippen LogP contribution in [0.15, 0.2) is 6.07 Å². The normalized spacial score (nSPS) is 19.9. The number of nitrogen functional groups attached to an aromatic ring is 1. The molecule has 28 heavy (non-hydrogen) atoms. The number of fused-ring (bicyclic) bond motifs is 1. The molecule has 0 bridgehead atoms. The number of hydrogen-bond donors (Lipinski definition) is 2. The average molecular weight is 433 g/mol. The second-order valence-corrected chi connectivity index (χ2v) is 7.95. The lowest BCUT2D eigenvalue weighted by molar-refractivity contribution is -0.147. The van der Waals surface area contributed by atoms with Crippen molar-refractivity contribution in [2.24, 2.45) is 5.92 Å². The van der Waals surface area contributed by atoms with Gasteiger partial charge in [0.2, 0.25) is 6.10 Å². The number of halogens is 2. The van der Waals surface area contributed by atoms with Crippen LogP contribution in [0.1, 0.15) is 44.6 Å². The van der Waals surface area contributed by atoms with Crippen molar-refractivity contribution in [3.8, 4) is 11.5 Å². The molecule has 1 aromatic carbocycles. The van der Waals surface area contributed by atoms with E-state index < -0.39 is 12.1 Å². The molecule has 0 aromatic heterocycles. The minimum atomic E-state index is -1.07. The number of carbonyl (C=O) groups is 1. The topological polar surface area (TPSA) is 85.0 Å². The number of aliphatic carboxylic acids is 1. The Balaban J connectivity index is 0.00000280. The van der Waals surface area contributed by atoms with Crippen molar-refractivity contribution in [1.82, 2.24) is 4.90 Å². The molecular formula is C20H30Cl2N2O4. The number of benzene rings is 1. The highest BCUT2D eigenvalue weighted by Crippen LogP contribution is 2.45. The molecule has 3 rings (SSSR count). The number of hydrogen-bond acceptors (Lipinski definition) is 5. The van der Waals surface area contributed by atoms with Gasteiger partial charge >= 0.3 is 5.97 Å². The summed E-state index contributed by atoms with van der Waals surface area (Å²) in [6.45, 7) is 5.65. The Morgan fingerprint density at radius 1 is 1.32 bits per heavy atom. The monoisotopic (exact) mass is 432 g/mol. The van der Waals surface area contributed by atoms with Gasteiger partial charge in [-0.2, -0.15) is 0 Å². The predicted octanol–water partition coefficient (Wildman–Crippen LogP) is 4.01. The summed E-state index contributed by atoms with van der Waals surface area (Å²) in [7, 11) is 0. The lowest BCUT2D eigenvalue weighted by atomic mass is 9.89. The number of nitrogens with zero attached hydrogens (tertiary/aromatic N) is 1. The zero-order valence-corrected chi connectivity index (χ0v) is 17.9. The molecular weight excluding hydrogens is 403 g/mol. The zero-order chi connectivity index (χ0) is 19.4. The van der Waals surface area contributed by atoms with E-state index in [1.54, 1.807) is 0 Å². The minimum Gasteiger partial charge on any atom is -0.485 e. The molecule has 2 aliphatic rings. The zero-order valence-electron chi connectivity index (χ0n) is 16.3. The second-order valence-electron chi connectivity index (χ2n) is 7.54. The number of likely N-dealkylation sites (tertiary alicyclic amines) is 1. The van der Waals surface area contributed by atoms with Crippen LogP contribution in [0.25, 0.3) is 0 Å². The van der Waals surface area contributed by atoms with E-state index in [2.05, 4.69) is 11.8 Å². The van der Waals surface area contributed by atoms with Gasteiger partial charge in [-0.15, -0.1) is 12.4 Å². The third-order valence-electron chi connectivity index (χ3n) is 5.51. The van der Waals surface area contributed by atoms with Crippen molar-refractivity contribution in [3.63, 3.8) is 0 Å². The van der Waals surface area contributed by atoms with Crippen LogP contribution in [0.2, 0.25) is 5.02 Å². The fourth-order valence-electron chi connectivity index (χ4n) is 3.87. The van der Waals surface area contributed by atoms with E-state index in [0.29, 0.717) is 16.7 Å². The molecule has 6 nitrogen and oxygen atoms in total. The molecule has 0 amide bonds. The Bertz CT molecular complexity index is 679. The Hall–Kier alpha value is -1.37.